The third-order valence-electron chi connectivity index (χ3n) is 6.61. The van der Waals surface area contributed by atoms with Gasteiger partial charge in [0.05, 0.1) is 11.8 Å². The number of carbonyl (C=O) groups excluding carboxylic acids is 1. The molecule has 5 N–H and O–H groups in total. The van der Waals surface area contributed by atoms with E-state index >= 15 is 0 Å². The summed E-state index contributed by atoms with van der Waals surface area (Å²) in [6.45, 7) is 8.46. The van der Waals surface area contributed by atoms with Crippen LogP contribution in [0.15, 0.2) is 69.3 Å². The molecule has 1 atom stereocenters. The number of aliphatic imine (C=N–C) groups is 2. The zero-order chi connectivity index (χ0) is 27.2. The highest BCUT2D eigenvalue weighted by atomic mass is 16.3. The number of furan rings is 1. The summed E-state index contributed by atoms with van der Waals surface area (Å²) in [5, 5.41) is 10.9. The van der Waals surface area contributed by atoms with Crippen molar-refractivity contribution >= 4 is 29.1 Å². The van der Waals surface area contributed by atoms with Crippen LogP contribution in [-0.2, 0) is 0 Å². The Morgan fingerprint density at radius 1 is 1.11 bits per heavy atom. The van der Waals surface area contributed by atoms with Crippen LogP contribution in [0.25, 0.3) is 0 Å². The number of para-hydroxylation sites is 1. The summed E-state index contributed by atoms with van der Waals surface area (Å²) in [7, 11) is 0. The minimum atomic E-state index is -0.317. The normalized spacial score (nSPS) is 15.7. The number of aromatic hydroxyl groups is 1. The number of carbonyl (C=O) groups is 1. The second-order valence-corrected chi connectivity index (χ2v) is 9.51. The molecule has 0 spiro atoms. The maximum Gasteiger partial charge on any atom is 0.257 e. The Balaban J connectivity index is 1.47. The Kier molecular flexibility index (Phi) is 8.30. The molecule has 0 radical (unpaired) electrons. The van der Waals surface area contributed by atoms with Crippen molar-refractivity contribution in [1.82, 2.24) is 9.88 Å². The summed E-state index contributed by atoms with van der Waals surface area (Å²) in [5.74, 6) is 1.37. The first-order valence-corrected chi connectivity index (χ1v) is 12.8. The Morgan fingerprint density at radius 3 is 2.50 bits per heavy atom. The number of phenolic OH excluding ortho intramolecular Hbond substituents is 1. The van der Waals surface area contributed by atoms with Gasteiger partial charge in [0.25, 0.3) is 5.91 Å². The van der Waals surface area contributed by atoms with Gasteiger partial charge in [-0.1, -0.05) is 32.9 Å². The number of amidine groups is 2. The summed E-state index contributed by atoms with van der Waals surface area (Å²) in [6, 6.07) is 12.2. The van der Waals surface area contributed by atoms with Crippen molar-refractivity contribution in [3.8, 4) is 5.75 Å². The van der Waals surface area contributed by atoms with Crippen molar-refractivity contribution in [2.45, 2.75) is 39.2 Å². The van der Waals surface area contributed by atoms with Crippen molar-refractivity contribution < 1.29 is 14.3 Å². The number of benzene rings is 1. The SMILES string of the molecule is CC[C@@H](N=C(N)C(N)=Nc1cccc(C(=O)N2CCN(c3ccccn3)CC2)c1O)c1cc(C(C)C)co1. The van der Waals surface area contributed by atoms with Crippen LogP contribution in [0.2, 0.25) is 0 Å². The van der Waals surface area contributed by atoms with Crippen LogP contribution in [0.4, 0.5) is 11.5 Å². The lowest BCUT2D eigenvalue weighted by molar-refractivity contribution is 0.0743. The number of nitrogens with zero attached hydrogens (tertiary/aromatic N) is 5. The van der Waals surface area contributed by atoms with Gasteiger partial charge in [0.1, 0.15) is 23.3 Å². The summed E-state index contributed by atoms with van der Waals surface area (Å²) in [4.78, 5) is 30.2. The van der Waals surface area contributed by atoms with Gasteiger partial charge in [-0.25, -0.2) is 9.98 Å². The van der Waals surface area contributed by atoms with E-state index in [1.807, 2.05) is 31.2 Å². The van der Waals surface area contributed by atoms with Crippen molar-refractivity contribution in [2.24, 2.45) is 21.5 Å². The van der Waals surface area contributed by atoms with E-state index in [2.05, 4.69) is 33.7 Å². The molecule has 1 aromatic carbocycles. The number of nitrogens with two attached hydrogens (primary N) is 2. The molecule has 4 rings (SSSR count). The number of piperazine rings is 1. The number of hydrogen-bond donors (Lipinski definition) is 3. The van der Waals surface area contributed by atoms with E-state index in [4.69, 9.17) is 15.9 Å². The molecule has 0 aliphatic carbocycles. The molecule has 0 saturated carbocycles. The van der Waals surface area contributed by atoms with E-state index in [1.165, 1.54) is 0 Å². The Morgan fingerprint density at radius 2 is 1.87 bits per heavy atom. The summed E-state index contributed by atoms with van der Waals surface area (Å²) < 4.78 is 5.70. The van der Waals surface area contributed by atoms with E-state index in [9.17, 15) is 9.90 Å². The van der Waals surface area contributed by atoms with Crippen LogP contribution in [0.3, 0.4) is 0 Å². The number of aromatic nitrogens is 1. The fourth-order valence-corrected chi connectivity index (χ4v) is 4.27. The summed E-state index contributed by atoms with van der Waals surface area (Å²) >= 11 is 0. The van der Waals surface area contributed by atoms with E-state index in [0.29, 0.717) is 44.3 Å². The molecule has 10 heteroatoms. The van der Waals surface area contributed by atoms with Crippen LogP contribution in [0, 0.1) is 0 Å². The lowest BCUT2D eigenvalue weighted by atomic mass is 10.1. The van der Waals surface area contributed by atoms with Crippen LogP contribution >= 0.6 is 0 Å². The predicted octanol–water partition coefficient (Wildman–Crippen LogP) is 3.96. The quantitative estimate of drug-likeness (QED) is 0.317. The van der Waals surface area contributed by atoms with Gasteiger partial charge in [-0.15, -0.1) is 0 Å². The molecule has 0 unspecified atom stereocenters. The van der Waals surface area contributed by atoms with E-state index in [1.54, 1.807) is 35.6 Å². The van der Waals surface area contributed by atoms with Gasteiger partial charge < -0.3 is 30.8 Å². The lowest BCUT2D eigenvalue weighted by Gasteiger charge is -2.35. The van der Waals surface area contributed by atoms with Gasteiger partial charge >= 0.3 is 0 Å². The molecule has 10 nitrogen and oxygen atoms in total. The second kappa shape index (κ2) is 11.8. The maximum absolute atomic E-state index is 13.2. The fourth-order valence-electron chi connectivity index (χ4n) is 4.27. The lowest BCUT2D eigenvalue weighted by Crippen LogP contribution is -2.49. The molecule has 38 heavy (non-hydrogen) atoms. The van der Waals surface area contributed by atoms with Gasteiger partial charge in [0.2, 0.25) is 0 Å². The van der Waals surface area contributed by atoms with Gasteiger partial charge in [-0.2, -0.15) is 0 Å². The molecule has 1 aliphatic rings. The molecule has 0 bridgehead atoms. The molecular weight excluding hydrogens is 482 g/mol. The standard InChI is InChI=1S/C28H35N7O3/c1-4-21(23-16-19(17-38-23)18(2)3)32-26(29)27(30)33-22-9-7-8-20(25(22)36)28(37)35-14-12-34(13-15-35)24-10-5-6-11-31-24/h5-11,16-18,21,36H,4,12-15H2,1-3H3,(H2,29,32)(H2,30,33)/t21-/m1/s1. The Labute approximate surface area is 222 Å². The predicted molar refractivity (Wildman–Crippen MR) is 149 cm³/mol. The minimum Gasteiger partial charge on any atom is -0.505 e. The fraction of sp³-hybridized carbons (Fsp3) is 0.357. The number of pyridine rings is 1. The van der Waals surface area contributed by atoms with E-state index in [0.717, 1.165) is 11.4 Å². The van der Waals surface area contributed by atoms with Gasteiger partial charge in [0.15, 0.2) is 17.4 Å². The number of rotatable bonds is 7. The highest BCUT2D eigenvalue weighted by Crippen LogP contribution is 2.32. The zero-order valence-electron chi connectivity index (χ0n) is 22.0. The maximum atomic E-state index is 13.2. The number of hydrogen-bond acceptors (Lipinski definition) is 7. The molecule has 3 heterocycles. The van der Waals surface area contributed by atoms with Crippen molar-refractivity contribution in [3.63, 3.8) is 0 Å². The average Bonchev–Trinajstić information content (AvgIpc) is 3.43. The molecule has 2 aromatic heterocycles. The van der Waals surface area contributed by atoms with Crippen LogP contribution in [0.1, 0.15) is 60.8 Å². The van der Waals surface area contributed by atoms with Crippen molar-refractivity contribution in [1.29, 1.82) is 0 Å². The molecule has 1 fully saturated rings. The first-order valence-electron chi connectivity index (χ1n) is 12.8. The highest BCUT2D eigenvalue weighted by molar-refractivity contribution is 6.39. The zero-order valence-corrected chi connectivity index (χ0v) is 22.0. The minimum absolute atomic E-state index is 0.0288. The molecule has 1 saturated heterocycles. The largest absolute Gasteiger partial charge is 0.505 e. The number of amides is 1. The van der Waals surface area contributed by atoms with Crippen LogP contribution < -0.4 is 16.4 Å². The second-order valence-electron chi connectivity index (χ2n) is 9.51. The van der Waals surface area contributed by atoms with Crippen LogP contribution in [-0.4, -0.2) is 58.7 Å². The van der Waals surface area contributed by atoms with E-state index < -0.39 is 0 Å². The number of phenols is 1. The Bertz CT molecular complexity index is 1310. The summed E-state index contributed by atoms with van der Waals surface area (Å²) in [6.07, 6.45) is 4.13. The number of anilines is 1. The van der Waals surface area contributed by atoms with Gasteiger partial charge in [-0.05, 0) is 48.2 Å². The molecule has 200 valence electrons. The third-order valence-corrected chi connectivity index (χ3v) is 6.61. The van der Waals surface area contributed by atoms with Crippen LogP contribution in [0.5, 0.6) is 5.75 Å². The molecule has 3 aromatic rings. The average molecular weight is 518 g/mol. The topological polar surface area (TPSA) is 147 Å². The van der Waals surface area contributed by atoms with Gasteiger partial charge in [-0.3, -0.25) is 9.79 Å². The monoisotopic (exact) mass is 517 g/mol. The van der Waals surface area contributed by atoms with Crippen molar-refractivity contribution in [3.05, 3.63) is 71.8 Å². The molecule has 1 amide bonds. The highest BCUT2D eigenvalue weighted by Gasteiger charge is 2.25. The third kappa shape index (κ3) is 5.96. The van der Waals surface area contributed by atoms with Crippen molar-refractivity contribution in [2.75, 3.05) is 31.1 Å². The first-order chi connectivity index (χ1) is 18.3. The molecular formula is C28H35N7O3. The van der Waals surface area contributed by atoms with Gasteiger partial charge in [0, 0.05) is 32.4 Å². The first kappa shape index (κ1) is 26.7. The Hall–Kier alpha value is -4.34. The molecule has 1 aliphatic heterocycles. The smallest absolute Gasteiger partial charge is 0.257 e. The summed E-state index contributed by atoms with van der Waals surface area (Å²) in [5.41, 5.74) is 13.7. The van der Waals surface area contributed by atoms with E-state index in [-0.39, 0.29) is 40.6 Å².